The highest BCUT2D eigenvalue weighted by Gasteiger charge is 2.36. The van der Waals surface area contributed by atoms with E-state index in [0.717, 1.165) is 0 Å². The zero-order valence-corrected chi connectivity index (χ0v) is 14.2. The summed E-state index contributed by atoms with van der Waals surface area (Å²) in [4.78, 5) is 24.0. The van der Waals surface area contributed by atoms with Crippen molar-refractivity contribution in [1.82, 2.24) is 5.32 Å². The van der Waals surface area contributed by atoms with E-state index in [1.54, 1.807) is 0 Å². The smallest absolute Gasteiger partial charge is 0.252 e. The molecule has 1 aliphatic rings. The van der Waals surface area contributed by atoms with Gasteiger partial charge in [0.25, 0.3) is 5.91 Å². The molecule has 1 aromatic rings. The third-order valence-electron chi connectivity index (χ3n) is 3.19. The fourth-order valence-corrected chi connectivity index (χ4v) is 3.73. The summed E-state index contributed by atoms with van der Waals surface area (Å²) in [6, 6.07) is 3.98. The molecule has 7 nitrogen and oxygen atoms in total. The van der Waals surface area contributed by atoms with Crippen molar-refractivity contribution in [2.75, 3.05) is 16.6 Å². The maximum Gasteiger partial charge on any atom is 0.252 e. The highest BCUT2D eigenvalue weighted by Crippen LogP contribution is 2.29. The maximum absolute atomic E-state index is 12.2. The molecule has 23 heavy (non-hydrogen) atoms. The first-order valence-electron chi connectivity index (χ1n) is 6.87. The quantitative estimate of drug-likeness (QED) is 0.830. The van der Waals surface area contributed by atoms with Crippen LogP contribution in [0.2, 0.25) is 5.02 Å². The Labute approximate surface area is 139 Å². The van der Waals surface area contributed by atoms with E-state index in [1.807, 2.05) is 0 Å². The molecule has 1 fully saturated rings. The lowest BCUT2D eigenvalue weighted by Crippen LogP contribution is -2.38. The average Bonchev–Trinajstić information content (AvgIpc) is 2.70. The lowest BCUT2D eigenvalue weighted by Gasteiger charge is -2.19. The first kappa shape index (κ1) is 17.7. The predicted octanol–water partition coefficient (Wildman–Crippen LogP) is 0.907. The molecule has 1 aliphatic heterocycles. The summed E-state index contributed by atoms with van der Waals surface area (Å²) in [7, 11) is -3.71. The average molecular weight is 361 g/mol. The molecule has 0 radical (unpaired) electrons. The van der Waals surface area contributed by atoms with Crippen LogP contribution < -0.4 is 9.62 Å². The molecule has 1 aromatic carbocycles. The summed E-state index contributed by atoms with van der Waals surface area (Å²) < 4.78 is 24.6. The standard InChI is InChI=1S/C14H17ClN2O5S/c1-14(2,20)8-16-13(19)10-7-9(3-4-11(10)15)17-12(18)5-6-23(17,21)22/h3-4,7,20H,5-6,8H2,1-2H3,(H,16,19). The van der Waals surface area contributed by atoms with Crippen LogP contribution in [0.4, 0.5) is 5.69 Å². The Hall–Kier alpha value is -1.64. The Morgan fingerprint density at radius 3 is 2.61 bits per heavy atom. The lowest BCUT2D eigenvalue weighted by molar-refractivity contribution is -0.116. The fraction of sp³-hybridized carbons (Fsp3) is 0.429. The minimum absolute atomic E-state index is 0.00661. The summed E-state index contributed by atoms with van der Waals surface area (Å²) in [5, 5.41) is 12.3. The van der Waals surface area contributed by atoms with Crippen molar-refractivity contribution in [3.8, 4) is 0 Å². The van der Waals surface area contributed by atoms with E-state index in [1.165, 1.54) is 32.0 Å². The Morgan fingerprint density at radius 2 is 2.09 bits per heavy atom. The number of benzene rings is 1. The molecule has 2 N–H and O–H groups in total. The second-order valence-electron chi connectivity index (χ2n) is 5.88. The number of sulfonamides is 1. The molecular weight excluding hydrogens is 344 g/mol. The van der Waals surface area contributed by atoms with Crippen LogP contribution in [0.1, 0.15) is 30.6 Å². The van der Waals surface area contributed by atoms with Gasteiger partial charge in [0.05, 0.1) is 27.6 Å². The van der Waals surface area contributed by atoms with Gasteiger partial charge in [-0.05, 0) is 32.0 Å². The highest BCUT2D eigenvalue weighted by molar-refractivity contribution is 7.94. The molecule has 0 atom stereocenters. The van der Waals surface area contributed by atoms with Gasteiger partial charge in [0.2, 0.25) is 15.9 Å². The molecule has 1 saturated heterocycles. The number of anilines is 1. The van der Waals surface area contributed by atoms with E-state index in [2.05, 4.69) is 5.32 Å². The van der Waals surface area contributed by atoms with E-state index in [4.69, 9.17) is 11.6 Å². The van der Waals surface area contributed by atoms with Crippen LogP contribution in [-0.4, -0.2) is 43.2 Å². The number of aliphatic hydroxyl groups is 1. The van der Waals surface area contributed by atoms with Crippen molar-refractivity contribution in [3.05, 3.63) is 28.8 Å². The molecule has 9 heteroatoms. The summed E-state index contributed by atoms with van der Waals surface area (Å²) in [5.41, 5.74) is -0.998. The van der Waals surface area contributed by atoms with Crippen molar-refractivity contribution in [1.29, 1.82) is 0 Å². The number of nitrogens with zero attached hydrogens (tertiary/aromatic N) is 1. The normalized spacial score (nSPS) is 17.4. The minimum Gasteiger partial charge on any atom is -0.389 e. The number of nitrogens with one attached hydrogen (secondary N) is 1. The van der Waals surface area contributed by atoms with Crippen LogP contribution in [0.25, 0.3) is 0 Å². The van der Waals surface area contributed by atoms with Gasteiger partial charge in [0, 0.05) is 13.0 Å². The van der Waals surface area contributed by atoms with E-state index in [-0.39, 0.29) is 35.0 Å². The van der Waals surface area contributed by atoms with Crippen LogP contribution in [0.3, 0.4) is 0 Å². The molecule has 0 aliphatic carbocycles. The zero-order valence-electron chi connectivity index (χ0n) is 12.7. The van der Waals surface area contributed by atoms with E-state index in [9.17, 15) is 23.1 Å². The van der Waals surface area contributed by atoms with Crippen LogP contribution in [-0.2, 0) is 14.8 Å². The van der Waals surface area contributed by atoms with Gasteiger partial charge in [-0.1, -0.05) is 11.6 Å². The Kier molecular flexibility index (Phi) is 4.70. The van der Waals surface area contributed by atoms with Gasteiger partial charge in [0.1, 0.15) is 0 Å². The van der Waals surface area contributed by atoms with Gasteiger partial charge in [-0.2, -0.15) is 0 Å². The first-order valence-corrected chi connectivity index (χ1v) is 8.86. The molecular formula is C14H17ClN2O5S. The van der Waals surface area contributed by atoms with Crippen LogP contribution in [0.15, 0.2) is 18.2 Å². The van der Waals surface area contributed by atoms with E-state index < -0.39 is 27.4 Å². The number of carbonyl (C=O) groups is 2. The SMILES string of the molecule is CC(C)(O)CNC(=O)c1cc(N2C(=O)CCS2(=O)=O)ccc1Cl. The largest absolute Gasteiger partial charge is 0.389 e. The second kappa shape index (κ2) is 6.10. The fourth-order valence-electron chi connectivity index (χ4n) is 2.07. The van der Waals surface area contributed by atoms with Crippen molar-refractivity contribution >= 4 is 39.1 Å². The summed E-state index contributed by atoms with van der Waals surface area (Å²) in [6.07, 6.45) is -0.0921. The van der Waals surface area contributed by atoms with Gasteiger partial charge in [-0.15, -0.1) is 0 Å². The van der Waals surface area contributed by atoms with Gasteiger partial charge in [0.15, 0.2) is 0 Å². The Morgan fingerprint density at radius 1 is 1.43 bits per heavy atom. The molecule has 0 spiro atoms. The number of amides is 2. The summed E-state index contributed by atoms with van der Waals surface area (Å²) in [5.74, 6) is -1.37. The van der Waals surface area contributed by atoms with Gasteiger partial charge >= 0.3 is 0 Å². The molecule has 126 valence electrons. The predicted molar refractivity (Wildman–Crippen MR) is 86.0 cm³/mol. The summed E-state index contributed by atoms with van der Waals surface area (Å²) >= 11 is 5.98. The molecule has 2 amide bonds. The maximum atomic E-state index is 12.2. The number of hydrogen-bond donors (Lipinski definition) is 2. The molecule has 2 rings (SSSR count). The van der Waals surface area contributed by atoms with Crippen molar-refractivity contribution < 1.29 is 23.1 Å². The lowest BCUT2D eigenvalue weighted by atomic mass is 10.1. The number of carbonyl (C=O) groups excluding carboxylic acids is 2. The number of halogens is 1. The van der Waals surface area contributed by atoms with Crippen molar-refractivity contribution in [3.63, 3.8) is 0 Å². The molecule has 0 aromatic heterocycles. The molecule has 0 unspecified atom stereocenters. The molecule has 0 bridgehead atoms. The van der Waals surface area contributed by atoms with Crippen molar-refractivity contribution in [2.45, 2.75) is 25.9 Å². The molecule has 0 saturated carbocycles. The monoisotopic (exact) mass is 360 g/mol. The van der Waals surface area contributed by atoms with Gasteiger partial charge in [-0.3, -0.25) is 9.59 Å². The van der Waals surface area contributed by atoms with Crippen LogP contribution in [0.5, 0.6) is 0 Å². The minimum atomic E-state index is -3.71. The highest BCUT2D eigenvalue weighted by atomic mass is 35.5. The number of hydrogen-bond acceptors (Lipinski definition) is 5. The van der Waals surface area contributed by atoms with Gasteiger partial charge in [-0.25, -0.2) is 12.7 Å². The third kappa shape index (κ3) is 4.01. The van der Waals surface area contributed by atoms with Gasteiger partial charge < -0.3 is 10.4 Å². The number of rotatable bonds is 4. The van der Waals surface area contributed by atoms with Crippen LogP contribution >= 0.6 is 11.6 Å². The topological polar surface area (TPSA) is 104 Å². The first-order chi connectivity index (χ1) is 10.5. The third-order valence-corrected chi connectivity index (χ3v) is 5.21. The zero-order chi connectivity index (χ0) is 17.4. The van der Waals surface area contributed by atoms with E-state index in [0.29, 0.717) is 4.31 Å². The Balaban J connectivity index is 2.33. The van der Waals surface area contributed by atoms with E-state index >= 15 is 0 Å². The van der Waals surface area contributed by atoms with Crippen LogP contribution in [0, 0.1) is 0 Å². The second-order valence-corrected chi connectivity index (χ2v) is 8.23. The summed E-state index contributed by atoms with van der Waals surface area (Å²) in [6.45, 7) is 3.05. The Bertz CT molecular complexity index is 755. The molecule has 1 heterocycles. The van der Waals surface area contributed by atoms with Crippen molar-refractivity contribution in [2.24, 2.45) is 0 Å².